The van der Waals surface area contributed by atoms with Gasteiger partial charge in [-0.3, -0.25) is 9.78 Å². The Morgan fingerprint density at radius 3 is 3.05 bits per heavy atom. The fraction of sp³-hybridized carbons (Fsp3) is 0.154. The Morgan fingerprint density at radius 1 is 1.42 bits per heavy atom. The maximum atomic E-state index is 13.5. The quantitative estimate of drug-likeness (QED) is 0.888. The number of hydrogen-bond acceptors (Lipinski definition) is 4. The van der Waals surface area contributed by atoms with Crippen molar-refractivity contribution in [3.05, 3.63) is 48.2 Å². The van der Waals surface area contributed by atoms with Crippen molar-refractivity contribution in [3.63, 3.8) is 0 Å². The van der Waals surface area contributed by atoms with Gasteiger partial charge in [0, 0.05) is 24.4 Å². The number of amides is 1. The molecule has 19 heavy (non-hydrogen) atoms. The molecular weight excluding hydrogens is 249 g/mol. The van der Waals surface area contributed by atoms with Gasteiger partial charge in [0.05, 0.1) is 6.20 Å². The van der Waals surface area contributed by atoms with Crippen LogP contribution in [0.1, 0.15) is 5.56 Å². The fourth-order valence-corrected chi connectivity index (χ4v) is 1.95. The zero-order valence-corrected chi connectivity index (χ0v) is 9.84. The summed E-state index contributed by atoms with van der Waals surface area (Å²) in [4.78, 5) is 19.7. The van der Waals surface area contributed by atoms with Gasteiger partial charge in [-0.05, 0) is 6.07 Å². The molecule has 5 nitrogen and oxygen atoms in total. The summed E-state index contributed by atoms with van der Waals surface area (Å²) in [7, 11) is 0. The first-order valence-corrected chi connectivity index (χ1v) is 5.75. The van der Waals surface area contributed by atoms with Crippen LogP contribution >= 0.6 is 0 Å². The first kappa shape index (κ1) is 11.6. The summed E-state index contributed by atoms with van der Waals surface area (Å²) < 4.78 is 18.8. The third-order valence-corrected chi connectivity index (χ3v) is 2.82. The van der Waals surface area contributed by atoms with Gasteiger partial charge in [0.2, 0.25) is 0 Å². The number of nitrogens with one attached hydrogen (secondary N) is 1. The molecule has 1 amide bonds. The zero-order valence-electron chi connectivity index (χ0n) is 9.84. The lowest BCUT2D eigenvalue weighted by atomic mass is 10.1. The average molecular weight is 259 g/mol. The van der Waals surface area contributed by atoms with Gasteiger partial charge in [0.25, 0.3) is 5.91 Å². The van der Waals surface area contributed by atoms with Crippen LogP contribution in [0.2, 0.25) is 0 Å². The van der Waals surface area contributed by atoms with Crippen molar-refractivity contribution in [1.82, 2.24) is 9.97 Å². The molecule has 0 fully saturated rings. The highest BCUT2D eigenvalue weighted by Crippen LogP contribution is 2.31. The lowest BCUT2D eigenvalue weighted by Crippen LogP contribution is -2.31. The number of aromatic nitrogens is 2. The van der Waals surface area contributed by atoms with Gasteiger partial charge < -0.3 is 10.1 Å². The normalized spacial score (nSPS) is 16.6. The number of ether oxygens (including phenoxy) is 1. The van der Waals surface area contributed by atoms with E-state index in [2.05, 4.69) is 15.3 Å². The fourth-order valence-electron chi connectivity index (χ4n) is 1.95. The van der Waals surface area contributed by atoms with Crippen LogP contribution in [0.25, 0.3) is 0 Å². The second-order valence-electron chi connectivity index (χ2n) is 4.12. The molecule has 0 spiro atoms. The molecule has 3 rings (SSSR count). The summed E-state index contributed by atoms with van der Waals surface area (Å²) in [6.07, 6.45) is 4.01. The minimum Gasteiger partial charge on any atom is -0.477 e. The molecule has 0 saturated heterocycles. The molecule has 0 bridgehead atoms. The van der Waals surface area contributed by atoms with Gasteiger partial charge in [-0.1, -0.05) is 12.1 Å². The predicted octanol–water partition coefficient (Wildman–Crippen LogP) is 1.56. The number of benzene rings is 1. The van der Waals surface area contributed by atoms with Gasteiger partial charge in [-0.25, -0.2) is 9.37 Å². The number of carbonyl (C=O) groups is 1. The topological polar surface area (TPSA) is 64.1 Å². The van der Waals surface area contributed by atoms with E-state index in [9.17, 15) is 9.18 Å². The Labute approximate surface area is 108 Å². The average Bonchev–Trinajstić information content (AvgIpc) is 2.85. The van der Waals surface area contributed by atoms with Crippen molar-refractivity contribution >= 4 is 11.7 Å². The number of halogens is 1. The lowest BCUT2D eigenvalue weighted by molar-refractivity contribution is -0.122. The molecule has 0 radical (unpaired) electrons. The van der Waals surface area contributed by atoms with Crippen LogP contribution in [0.3, 0.4) is 0 Å². The maximum Gasteiger partial charge on any atom is 0.266 e. The SMILES string of the molecule is O=C(Nc1cnccn1)[C@H]1Cc2cccc(F)c2O1. The van der Waals surface area contributed by atoms with Crippen LogP contribution in [0, 0.1) is 5.82 Å². The summed E-state index contributed by atoms with van der Waals surface area (Å²) in [5.41, 5.74) is 0.694. The Balaban J connectivity index is 1.73. The van der Waals surface area contributed by atoms with E-state index in [1.807, 2.05) is 0 Å². The molecule has 2 aromatic rings. The maximum absolute atomic E-state index is 13.5. The molecule has 0 aliphatic carbocycles. The van der Waals surface area contributed by atoms with Crippen molar-refractivity contribution in [3.8, 4) is 5.75 Å². The van der Waals surface area contributed by atoms with E-state index in [0.717, 1.165) is 0 Å². The van der Waals surface area contributed by atoms with Gasteiger partial charge in [-0.15, -0.1) is 0 Å². The highest BCUT2D eigenvalue weighted by Gasteiger charge is 2.31. The van der Waals surface area contributed by atoms with E-state index in [4.69, 9.17) is 4.74 Å². The monoisotopic (exact) mass is 259 g/mol. The second-order valence-corrected chi connectivity index (χ2v) is 4.12. The molecule has 1 aliphatic rings. The number of fused-ring (bicyclic) bond motifs is 1. The minimum absolute atomic E-state index is 0.154. The number of nitrogens with zero attached hydrogens (tertiary/aromatic N) is 2. The van der Waals surface area contributed by atoms with Crippen LogP contribution in [0.5, 0.6) is 5.75 Å². The first-order chi connectivity index (χ1) is 9.24. The highest BCUT2D eigenvalue weighted by atomic mass is 19.1. The highest BCUT2D eigenvalue weighted by molar-refractivity contribution is 5.94. The number of hydrogen-bond donors (Lipinski definition) is 1. The van der Waals surface area contributed by atoms with Gasteiger partial charge in [0.1, 0.15) is 0 Å². The lowest BCUT2D eigenvalue weighted by Gasteiger charge is -2.10. The molecular formula is C13H10FN3O2. The van der Waals surface area contributed by atoms with Crippen LogP contribution in [-0.2, 0) is 11.2 Å². The summed E-state index contributed by atoms with van der Waals surface area (Å²) in [5.74, 6) is -0.322. The molecule has 0 unspecified atom stereocenters. The molecule has 1 N–H and O–H groups in total. The molecule has 0 saturated carbocycles. The predicted molar refractivity (Wildman–Crippen MR) is 65.2 cm³/mol. The third kappa shape index (κ3) is 2.24. The Bertz CT molecular complexity index is 619. The molecule has 2 heterocycles. The van der Waals surface area contributed by atoms with Crippen molar-refractivity contribution in [2.75, 3.05) is 5.32 Å². The number of anilines is 1. The molecule has 96 valence electrons. The van der Waals surface area contributed by atoms with Crippen molar-refractivity contribution in [2.45, 2.75) is 12.5 Å². The largest absolute Gasteiger partial charge is 0.477 e. The van der Waals surface area contributed by atoms with Crippen LogP contribution < -0.4 is 10.1 Å². The summed E-state index contributed by atoms with van der Waals surface area (Å²) in [6.45, 7) is 0. The Morgan fingerprint density at radius 2 is 2.32 bits per heavy atom. The standard InChI is InChI=1S/C13H10FN3O2/c14-9-3-1-2-8-6-10(19-12(8)9)13(18)17-11-7-15-4-5-16-11/h1-5,7,10H,6H2,(H,16,17,18)/t10-/m1/s1. The first-order valence-electron chi connectivity index (χ1n) is 5.75. The summed E-state index contributed by atoms with van der Waals surface area (Å²) in [5, 5.41) is 2.58. The second kappa shape index (κ2) is 4.64. The van der Waals surface area contributed by atoms with Crippen molar-refractivity contribution in [1.29, 1.82) is 0 Å². The number of rotatable bonds is 2. The number of carbonyl (C=O) groups excluding carboxylic acids is 1. The minimum atomic E-state index is -0.742. The molecule has 1 aromatic heterocycles. The Hall–Kier alpha value is -2.50. The van der Waals surface area contributed by atoms with Crippen molar-refractivity contribution in [2.24, 2.45) is 0 Å². The summed E-state index contributed by atoms with van der Waals surface area (Å²) in [6, 6.07) is 4.65. The molecule has 1 atom stereocenters. The van der Waals surface area contributed by atoms with Crippen molar-refractivity contribution < 1.29 is 13.9 Å². The zero-order chi connectivity index (χ0) is 13.2. The van der Waals surface area contributed by atoms with E-state index in [1.54, 1.807) is 12.1 Å². The number of para-hydroxylation sites is 1. The van der Waals surface area contributed by atoms with E-state index in [1.165, 1.54) is 24.7 Å². The molecule has 1 aromatic carbocycles. The van der Waals surface area contributed by atoms with Gasteiger partial charge >= 0.3 is 0 Å². The third-order valence-electron chi connectivity index (χ3n) is 2.82. The van der Waals surface area contributed by atoms with E-state index < -0.39 is 11.9 Å². The van der Waals surface area contributed by atoms with Crippen LogP contribution in [-0.4, -0.2) is 22.0 Å². The van der Waals surface area contributed by atoms with Gasteiger partial charge in [0.15, 0.2) is 23.5 Å². The van der Waals surface area contributed by atoms with E-state index >= 15 is 0 Å². The van der Waals surface area contributed by atoms with Crippen LogP contribution in [0.15, 0.2) is 36.8 Å². The van der Waals surface area contributed by atoms with E-state index in [0.29, 0.717) is 17.8 Å². The molecule has 6 heteroatoms. The molecule has 1 aliphatic heterocycles. The van der Waals surface area contributed by atoms with E-state index in [-0.39, 0.29) is 11.7 Å². The van der Waals surface area contributed by atoms with Crippen LogP contribution in [0.4, 0.5) is 10.2 Å². The smallest absolute Gasteiger partial charge is 0.266 e. The summed E-state index contributed by atoms with van der Waals surface area (Å²) >= 11 is 0. The Kier molecular flexibility index (Phi) is 2.83. The van der Waals surface area contributed by atoms with Gasteiger partial charge in [-0.2, -0.15) is 0 Å².